The van der Waals surface area contributed by atoms with E-state index in [-0.39, 0.29) is 13.4 Å². The molecule has 0 spiro atoms. The highest BCUT2D eigenvalue weighted by atomic mass is 32.2. The van der Waals surface area contributed by atoms with Gasteiger partial charge in [0.2, 0.25) is 13.4 Å². The number of rotatable bonds is 0. The lowest BCUT2D eigenvalue weighted by atomic mass is 9.30. The third-order valence-corrected chi connectivity index (χ3v) is 14.9. The summed E-state index contributed by atoms with van der Waals surface area (Å²) in [6, 6.07) is 42.9. The maximum atomic E-state index is 6.44. The van der Waals surface area contributed by atoms with Crippen LogP contribution in [0.25, 0.3) is 43.9 Å². The standard InChI is InChI=1S/C42H19B2NO2S3/c1-3-11-28-20(7-1)22-15-26-34(17-30(22)46-28)49-36-19-37-39-42-38(36)43(26)24-9-5-13-32-40(24)45(42)41-25(10-6-14-33(41)48-32)44(39)27-16-23-21-8-2-4-12-29(21)47-31(23)18-35(27)50-37/h1-19H. The largest absolute Gasteiger partial charge is 0.456 e. The van der Waals surface area contributed by atoms with Crippen molar-refractivity contribution in [1.82, 2.24) is 0 Å². The van der Waals surface area contributed by atoms with Crippen molar-refractivity contribution >= 4 is 142 Å². The number of para-hydroxylation sites is 4. The molecule has 5 aliphatic heterocycles. The summed E-state index contributed by atoms with van der Waals surface area (Å²) in [6.07, 6.45) is 0. The third-order valence-electron chi connectivity index (χ3n) is 11.5. The Morgan fingerprint density at radius 3 is 1.42 bits per heavy atom. The molecule has 2 aromatic heterocycles. The lowest BCUT2D eigenvalue weighted by Gasteiger charge is -2.49. The first-order chi connectivity index (χ1) is 24.8. The van der Waals surface area contributed by atoms with E-state index in [0.717, 1.165) is 22.3 Å². The van der Waals surface area contributed by atoms with Crippen LogP contribution in [0, 0.1) is 0 Å². The van der Waals surface area contributed by atoms with Crippen LogP contribution < -0.4 is 37.7 Å². The monoisotopic (exact) mass is 687 g/mol. The van der Waals surface area contributed by atoms with Gasteiger partial charge in [-0.15, -0.1) is 0 Å². The summed E-state index contributed by atoms with van der Waals surface area (Å²) >= 11 is 5.75. The first kappa shape index (κ1) is 26.0. The van der Waals surface area contributed by atoms with E-state index in [9.17, 15) is 0 Å². The molecule has 0 N–H and O–H groups in total. The summed E-state index contributed by atoms with van der Waals surface area (Å²) in [4.78, 5) is 10.6. The number of benzene rings is 7. The fourth-order valence-corrected chi connectivity index (χ4v) is 13.2. The molecule has 5 aliphatic rings. The van der Waals surface area contributed by atoms with Crippen LogP contribution in [0.15, 0.2) is 153 Å². The third kappa shape index (κ3) is 2.95. The Bertz CT molecular complexity index is 2920. The average Bonchev–Trinajstić information content (AvgIpc) is 3.70. The zero-order valence-electron chi connectivity index (χ0n) is 26.1. The predicted octanol–water partition coefficient (Wildman–Crippen LogP) is 8.01. The number of hydrogen-bond donors (Lipinski definition) is 0. The van der Waals surface area contributed by atoms with Gasteiger partial charge in [-0.1, -0.05) is 119 Å². The number of fused-ring (bicyclic) bond motifs is 12. The summed E-state index contributed by atoms with van der Waals surface area (Å²) in [5.41, 5.74) is 16.4. The van der Waals surface area contributed by atoms with E-state index in [2.05, 4.69) is 120 Å². The highest BCUT2D eigenvalue weighted by Gasteiger charge is 2.51. The molecule has 3 nitrogen and oxygen atoms in total. The van der Waals surface area contributed by atoms with E-state index in [1.807, 2.05) is 35.3 Å². The van der Waals surface area contributed by atoms with E-state index in [4.69, 9.17) is 8.83 Å². The van der Waals surface area contributed by atoms with E-state index in [1.165, 1.54) is 101 Å². The lowest BCUT2D eigenvalue weighted by Crippen LogP contribution is -2.67. The normalized spacial score (nSPS) is 15.2. The van der Waals surface area contributed by atoms with Crippen LogP contribution in [0.4, 0.5) is 17.1 Å². The molecule has 50 heavy (non-hydrogen) atoms. The van der Waals surface area contributed by atoms with Gasteiger partial charge in [0, 0.05) is 56.6 Å². The van der Waals surface area contributed by atoms with Crippen LogP contribution in [-0.2, 0) is 0 Å². The minimum absolute atomic E-state index is 0.130. The van der Waals surface area contributed by atoms with Crippen LogP contribution in [0.1, 0.15) is 0 Å². The Balaban J connectivity index is 1.12. The number of anilines is 3. The first-order valence-corrected chi connectivity index (χ1v) is 19.4. The van der Waals surface area contributed by atoms with E-state index >= 15 is 0 Å². The van der Waals surface area contributed by atoms with Gasteiger partial charge in [-0.3, -0.25) is 0 Å². The van der Waals surface area contributed by atoms with Gasteiger partial charge in [0.15, 0.2) is 0 Å². The molecule has 0 radical (unpaired) electrons. The topological polar surface area (TPSA) is 29.5 Å². The van der Waals surface area contributed by atoms with Crippen LogP contribution in [-0.4, -0.2) is 13.4 Å². The van der Waals surface area contributed by atoms with Crippen molar-refractivity contribution in [3.05, 3.63) is 115 Å². The minimum Gasteiger partial charge on any atom is -0.456 e. The van der Waals surface area contributed by atoms with Crippen molar-refractivity contribution in [3.63, 3.8) is 0 Å². The summed E-state index contributed by atoms with van der Waals surface area (Å²) < 4.78 is 12.9. The van der Waals surface area contributed by atoms with Gasteiger partial charge in [-0.05, 0) is 64.3 Å². The molecule has 0 bridgehead atoms. The van der Waals surface area contributed by atoms with Crippen LogP contribution in [0.3, 0.4) is 0 Å². The average molecular weight is 687 g/mol. The van der Waals surface area contributed by atoms with Crippen molar-refractivity contribution in [1.29, 1.82) is 0 Å². The fraction of sp³-hybridized carbons (Fsp3) is 0. The van der Waals surface area contributed by atoms with Crippen molar-refractivity contribution in [3.8, 4) is 0 Å². The summed E-state index contributed by atoms with van der Waals surface area (Å²) in [7, 11) is 0. The minimum atomic E-state index is 0.130. The molecule has 0 unspecified atom stereocenters. The summed E-state index contributed by atoms with van der Waals surface area (Å²) in [6.45, 7) is 0.260. The second-order valence-corrected chi connectivity index (χ2v) is 17.2. The molecule has 0 aliphatic carbocycles. The second kappa shape index (κ2) is 8.70. The molecule has 7 aromatic carbocycles. The zero-order valence-corrected chi connectivity index (χ0v) is 28.6. The highest BCUT2D eigenvalue weighted by Crippen LogP contribution is 2.55. The van der Waals surface area contributed by atoms with Gasteiger partial charge in [0.1, 0.15) is 22.3 Å². The molecular weight excluding hydrogens is 668 g/mol. The lowest BCUT2D eigenvalue weighted by molar-refractivity contribution is 0.667. The number of nitrogens with zero attached hydrogens (tertiary/aromatic N) is 1. The van der Waals surface area contributed by atoms with Crippen LogP contribution in [0.2, 0.25) is 0 Å². The van der Waals surface area contributed by atoms with Crippen LogP contribution >= 0.6 is 35.3 Å². The van der Waals surface area contributed by atoms with Crippen molar-refractivity contribution < 1.29 is 8.83 Å². The number of hydrogen-bond acceptors (Lipinski definition) is 6. The van der Waals surface area contributed by atoms with Gasteiger partial charge in [0.05, 0.1) is 11.4 Å². The SMILES string of the molecule is c1cc2c3c(c1)B1c4cc5c(cc4Sc4cc6c7c(c41)N3c1c(cccc1B7c1cc3c(cc1S6)oc1ccccc13)S2)oc1ccccc15. The van der Waals surface area contributed by atoms with Gasteiger partial charge in [0.25, 0.3) is 0 Å². The quantitative estimate of drug-likeness (QED) is 0.150. The van der Waals surface area contributed by atoms with Gasteiger partial charge < -0.3 is 13.7 Å². The molecule has 0 saturated heterocycles. The Morgan fingerprint density at radius 1 is 0.380 bits per heavy atom. The van der Waals surface area contributed by atoms with Gasteiger partial charge in [-0.2, -0.15) is 0 Å². The molecule has 14 rings (SSSR count). The molecular formula is C42H19B2NO2S3. The van der Waals surface area contributed by atoms with Crippen LogP contribution in [0.5, 0.6) is 0 Å². The Kier molecular flexibility index (Phi) is 4.52. The Hall–Kier alpha value is -4.88. The molecule has 9 aromatic rings. The van der Waals surface area contributed by atoms with Crippen molar-refractivity contribution in [2.45, 2.75) is 29.4 Å². The van der Waals surface area contributed by atoms with Gasteiger partial charge in [-0.25, -0.2) is 0 Å². The molecule has 0 fully saturated rings. The summed E-state index contributed by atoms with van der Waals surface area (Å²) in [5.74, 6) is 0. The smallest absolute Gasteiger partial charge is 0.249 e. The number of furan rings is 2. The molecule has 8 heteroatoms. The predicted molar refractivity (Wildman–Crippen MR) is 210 cm³/mol. The molecule has 0 atom stereocenters. The maximum absolute atomic E-state index is 6.44. The van der Waals surface area contributed by atoms with Gasteiger partial charge >= 0.3 is 0 Å². The van der Waals surface area contributed by atoms with E-state index < -0.39 is 0 Å². The van der Waals surface area contributed by atoms with E-state index in [1.54, 1.807) is 0 Å². The summed E-state index contributed by atoms with van der Waals surface area (Å²) in [5, 5.41) is 4.76. The Labute approximate surface area is 299 Å². The molecule has 0 saturated carbocycles. The first-order valence-electron chi connectivity index (χ1n) is 17.0. The van der Waals surface area contributed by atoms with Crippen molar-refractivity contribution in [2.24, 2.45) is 0 Å². The zero-order chi connectivity index (χ0) is 32.0. The highest BCUT2D eigenvalue weighted by molar-refractivity contribution is 8.01. The second-order valence-electron chi connectivity index (χ2n) is 13.9. The molecule has 228 valence electrons. The fourth-order valence-electron chi connectivity index (χ4n) is 9.62. The molecule has 7 heterocycles. The molecule has 0 amide bonds. The van der Waals surface area contributed by atoms with Crippen molar-refractivity contribution in [2.75, 3.05) is 4.90 Å². The maximum Gasteiger partial charge on any atom is 0.249 e. The Morgan fingerprint density at radius 2 is 0.880 bits per heavy atom. The van der Waals surface area contributed by atoms with E-state index in [0.29, 0.717) is 0 Å².